The highest BCUT2D eigenvalue weighted by Gasteiger charge is 2.13. The summed E-state index contributed by atoms with van der Waals surface area (Å²) in [7, 11) is 4.56. The van der Waals surface area contributed by atoms with Crippen LogP contribution in [0.2, 0.25) is 15.2 Å². The summed E-state index contributed by atoms with van der Waals surface area (Å²) in [5, 5.41) is 8.94. The summed E-state index contributed by atoms with van der Waals surface area (Å²) in [5.74, 6) is 1.14. The molecule has 0 aliphatic carbocycles. The Bertz CT molecular complexity index is 1240. The number of carbonyl (C=O) groups excluding carboxylic acids is 1. The number of benzene rings is 2. The number of methoxy groups -OCH3 is 3. The fourth-order valence-corrected chi connectivity index (χ4v) is 3.59. The zero-order valence-corrected chi connectivity index (χ0v) is 21.1. The molecule has 0 radical (unpaired) electrons. The van der Waals surface area contributed by atoms with E-state index >= 15 is 0 Å². The first-order chi connectivity index (χ1) is 16.9. The predicted molar refractivity (Wildman–Crippen MR) is 138 cm³/mol. The van der Waals surface area contributed by atoms with Crippen molar-refractivity contribution in [2.45, 2.75) is 0 Å². The topological polar surface area (TPSA) is 106 Å². The molecule has 0 atom stereocenters. The maximum atomic E-state index is 12.5. The van der Waals surface area contributed by atoms with Crippen molar-refractivity contribution in [3.05, 3.63) is 74.4 Å². The van der Waals surface area contributed by atoms with E-state index in [1.54, 1.807) is 30.3 Å². The highest BCUT2D eigenvalue weighted by atomic mass is 35.5. The second-order valence-corrected chi connectivity index (χ2v) is 7.93. The van der Waals surface area contributed by atoms with Crippen molar-refractivity contribution in [1.29, 1.82) is 0 Å². The van der Waals surface area contributed by atoms with Crippen LogP contribution in [0.3, 0.4) is 0 Å². The number of hydrogen-bond donors (Lipinski definition) is 2. The monoisotopic (exact) mass is 535 g/mol. The number of carbonyl (C=O) groups is 1. The van der Waals surface area contributed by atoms with E-state index in [9.17, 15) is 4.79 Å². The van der Waals surface area contributed by atoms with Gasteiger partial charge in [-0.05, 0) is 36.4 Å². The van der Waals surface area contributed by atoms with Crippen molar-refractivity contribution in [3.8, 4) is 17.2 Å². The SMILES string of the molecule is COc1cc(/C=N/Nc2cc(C(=O)N/N=C/c3c(Cl)cccc3Cl)cc(Cl)n2)cc(OC)c1OC. The van der Waals surface area contributed by atoms with E-state index in [2.05, 4.69) is 26.0 Å². The molecule has 3 rings (SSSR count). The molecular weight excluding hydrogens is 517 g/mol. The number of anilines is 1. The molecule has 1 aromatic heterocycles. The first-order valence-corrected chi connectivity index (χ1v) is 11.0. The molecule has 2 N–H and O–H groups in total. The van der Waals surface area contributed by atoms with E-state index in [4.69, 9.17) is 49.0 Å². The number of aromatic nitrogens is 1. The van der Waals surface area contributed by atoms with Crippen molar-refractivity contribution < 1.29 is 19.0 Å². The summed E-state index contributed by atoms with van der Waals surface area (Å²) in [4.78, 5) is 16.6. The quantitative estimate of drug-likeness (QED) is 0.219. The number of hydrazone groups is 2. The first kappa shape index (κ1) is 26.1. The van der Waals surface area contributed by atoms with Gasteiger partial charge in [0, 0.05) is 16.7 Å². The summed E-state index contributed by atoms with van der Waals surface area (Å²) in [6.45, 7) is 0. The summed E-state index contributed by atoms with van der Waals surface area (Å²) in [6.07, 6.45) is 2.87. The van der Waals surface area contributed by atoms with Crippen LogP contribution in [0.15, 0.2) is 52.7 Å². The van der Waals surface area contributed by atoms with Gasteiger partial charge in [0.05, 0.1) is 43.8 Å². The molecule has 0 aliphatic rings. The molecule has 0 spiro atoms. The highest BCUT2D eigenvalue weighted by molar-refractivity contribution is 6.38. The summed E-state index contributed by atoms with van der Waals surface area (Å²) in [5.41, 5.74) is 6.48. The fourth-order valence-electron chi connectivity index (χ4n) is 2.89. The van der Waals surface area contributed by atoms with Crippen LogP contribution in [0.5, 0.6) is 17.2 Å². The molecule has 0 unspecified atom stereocenters. The third-order valence-corrected chi connectivity index (χ3v) is 5.35. The molecule has 182 valence electrons. The van der Waals surface area contributed by atoms with Crippen LogP contribution in [0.1, 0.15) is 21.5 Å². The van der Waals surface area contributed by atoms with E-state index in [0.29, 0.717) is 38.4 Å². The van der Waals surface area contributed by atoms with Gasteiger partial charge in [0.1, 0.15) is 11.0 Å². The molecule has 0 bridgehead atoms. The van der Waals surface area contributed by atoms with Crippen molar-refractivity contribution >= 4 is 59.0 Å². The minimum absolute atomic E-state index is 0.0845. The molecule has 1 amide bonds. The maximum Gasteiger partial charge on any atom is 0.271 e. The predicted octanol–water partition coefficient (Wildman–Crippen LogP) is 5.28. The van der Waals surface area contributed by atoms with Crippen LogP contribution in [0.4, 0.5) is 5.82 Å². The Hall–Kier alpha value is -3.53. The zero-order valence-electron chi connectivity index (χ0n) is 18.8. The van der Waals surface area contributed by atoms with Crippen LogP contribution >= 0.6 is 34.8 Å². The smallest absolute Gasteiger partial charge is 0.271 e. The third kappa shape index (κ3) is 6.75. The maximum absolute atomic E-state index is 12.5. The molecule has 12 heteroatoms. The molecule has 1 heterocycles. The summed E-state index contributed by atoms with van der Waals surface area (Å²) < 4.78 is 16.0. The van der Waals surface area contributed by atoms with Gasteiger partial charge in [-0.2, -0.15) is 10.2 Å². The lowest BCUT2D eigenvalue weighted by Gasteiger charge is -2.12. The Morgan fingerprint density at radius 2 is 1.57 bits per heavy atom. The number of halogens is 3. The minimum Gasteiger partial charge on any atom is -0.493 e. The van der Waals surface area contributed by atoms with Gasteiger partial charge in [0.15, 0.2) is 11.5 Å². The highest BCUT2D eigenvalue weighted by Crippen LogP contribution is 2.37. The van der Waals surface area contributed by atoms with E-state index in [-0.39, 0.29) is 16.5 Å². The number of rotatable bonds is 9. The zero-order chi connectivity index (χ0) is 25.4. The Kier molecular flexibility index (Phi) is 9.13. The molecule has 9 nitrogen and oxygen atoms in total. The number of nitrogens with zero attached hydrogens (tertiary/aromatic N) is 3. The number of amides is 1. The lowest BCUT2D eigenvalue weighted by atomic mass is 10.2. The van der Waals surface area contributed by atoms with Crippen molar-refractivity contribution in [2.75, 3.05) is 26.8 Å². The van der Waals surface area contributed by atoms with Crippen LogP contribution in [-0.4, -0.2) is 44.6 Å². The molecule has 0 saturated heterocycles. The molecule has 35 heavy (non-hydrogen) atoms. The lowest BCUT2D eigenvalue weighted by Crippen LogP contribution is -2.18. The van der Waals surface area contributed by atoms with Gasteiger partial charge in [0.2, 0.25) is 5.75 Å². The Morgan fingerprint density at radius 3 is 2.17 bits per heavy atom. The van der Waals surface area contributed by atoms with Gasteiger partial charge in [-0.15, -0.1) is 0 Å². The second kappa shape index (κ2) is 12.3. The van der Waals surface area contributed by atoms with Gasteiger partial charge in [-0.3, -0.25) is 10.2 Å². The minimum atomic E-state index is -0.523. The summed E-state index contributed by atoms with van der Waals surface area (Å²) in [6, 6.07) is 11.3. The Labute approximate surface area is 216 Å². The third-order valence-electron chi connectivity index (χ3n) is 4.50. The Balaban J connectivity index is 1.72. The van der Waals surface area contributed by atoms with Crippen LogP contribution in [-0.2, 0) is 0 Å². The molecule has 0 saturated carbocycles. The lowest BCUT2D eigenvalue weighted by molar-refractivity contribution is 0.0955. The van der Waals surface area contributed by atoms with Crippen LogP contribution in [0, 0.1) is 0 Å². The van der Waals surface area contributed by atoms with Crippen molar-refractivity contribution in [2.24, 2.45) is 10.2 Å². The van der Waals surface area contributed by atoms with E-state index in [0.717, 1.165) is 0 Å². The summed E-state index contributed by atoms with van der Waals surface area (Å²) >= 11 is 18.2. The van der Waals surface area contributed by atoms with Gasteiger partial charge in [-0.1, -0.05) is 40.9 Å². The van der Waals surface area contributed by atoms with E-state index < -0.39 is 5.91 Å². The molecule has 2 aromatic carbocycles. The van der Waals surface area contributed by atoms with Gasteiger partial charge in [0.25, 0.3) is 5.91 Å². The number of nitrogens with one attached hydrogen (secondary N) is 2. The van der Waals surface area contributed by atoms with Crippen molar-refractivity contribution in [1.82, 2.24) is 10.4 Å². The Morgan fingerprint density at radius 1 is 0.914 bits per heavy atom. The normalized spacial score (nSPS) is 11.0. The molecule has 3 aromatic rings. The fraction of sp³-hybridized carbons (Fsp3) is 0.130. The molecule has 0 aliphatic heterocycles. The van der Waals surface area contributed by atoms with Gasteiger partial charge < -0.3 is 14.2 Å². The molecule has 0 fully saturated rings. The number of pyridine rings is 1. The standard InChI is InChI=1S/C23H20Cl3N5O4/c1-33-18-7-13(8-19(34-2)22(18)35-3)11-27-30-21-10-14(9-20(26)29-21)23(32)31-28-12-15-16(24)5-4-6-17(15)25/h4-12H,1-3H3,(H,29,30)(H,31,32)/b27-11+,28-12+. The average Bonchev–Trinajstić information content (AvgIpc) is 2.84. The second-order valence-electron chi connectivity index (χ2n) is 6.73. The van der Waals surface area contributed by atoms with Crippen LogP contribution < -0.4 is 25.1 Å². The van der Waals surface area contributed by atoms with Gasteiger partial charge in [-0.25, -0.2) is 10.4 Å². The largest absolute Gasteiger partial charge is 0.493 e. The number of ether oxygens (including phenoxy) is 3. The van der Waals surface area contributed by atoms with E-state index in [1.165, 1.54) is 45.9 Å². The van der Waals surface area contributed by atoms with Gasteiger partial charge >= 0.3 is 0 Å². The first-order valence-electron chi connectivity index (χ1n) is 9.90. The van der Waals surface area contributed by atoms with E-state index in [1.807, 2.05) is 0 Å². The van der Waals surface area contributed by atoms with Crippen LogP contribution in [0.25, 0.3) is 0 Å². The average molecular weight is 537 g/mol. The number of hydrogen-bond acceptors (Lipinski definition) is 8. The molecular formula is C23H20Cl3N5O4. The van der Waals surface area contributed by atoms with Crippen molar-refractivity contribution in [3.63, 3.8) is 0 Å².